The van der Waals surface area contributed by atoms with Crippen molar-refractivity contribution >= 4 is 5.97 Å². The molecule has 0 fully saturated rings. The average molecular weight is 254 g/mol. The van der Waals surface area contributed by atoms with E-state index in [0.29, 0.717) is 13.2 Å². The van der Waals surface area contributed by atoms with E-state index in [0.717, 1.165) is 11.4 Å². The first kappa shape index (κ1) is 12.9. The second kappa shape index (κ2) is 4.61. The van der Waals surface area contributed by atoms with Crippen LogP contribution in [0.2, 0.25) is 0 Å². The number of hydrogen-bond acceptors (Lipinski definition) is 4. The van der Waals surface area contributed by atoms with Crippen LogP contribution in [0.5, 0.6) is 5.88 Å². The van der Waals surface area contributed by atoms with Gasteiger partial charge in [0.2, 0.25) is 5.88 Å². The second-order valence-corrected chi connectivity index (χ2v) is 5.43. The maximum atomic E-state index is 10.4. The van der Waals surface area contributed by atoms with Crippen molar-refractivity contribution in [3.8, 4) is 5.88 Å². The zero-order valence-corrected chi connectivity index (χ0v) is 10.8. The Morgan fingerprint density at radius 1 is 1.67 bits per heavy atom. The molecular formula is C12H18N2O4. The van der Waals surface area contributed by atoms with Gasteiger partial charge in [0, 0.05) is 5.56 Å². The van der Waals surface area contributed by atoms with Crippen molar-refractivity contribution in [1.29, 1.82) is 0 Å². The fourth-order valence-corrected chi connectivity index (χ4v) is 1.88. The van der Waals surface area contributed by atoms with E-state index >= 15 is 0 Å². The van der Waals surface area contributed by atoms with Crippen LogP contribution in [0.3, 0.4) is 0 Å². The molecular weight excluding hydrogens is 236 g/mol. The van der Waals surface area contributed by atoms with Crippen molar-refractivity contribution in [1.82, 2.24) is 9.78 Å². The van der Waals surface area contributed by atoms with E-state index in [1.807, 2.05) is 0 Å². The van der Waals surface area contributed by atoms with Gasteiger partial charge in [-0.3, -0.25) is 0 Å². The van der Waals surface area contributed by atoms with E-state index < -0.39 is 5.97 Å². The number of carbonyl (C=O) groups is 1. The summed E-state index contributed by atoms with van der Waals surface area (Å²) in [6.45, 7) is 6.88. The van der Waals surface area contributed by atoms with Gasteiger partial charge in [0.15, 0.2) is 0 Å². The summed E-state index contributed by atoms with van der Waals surface area (Å²) in [4.78, 5) is 10.4. The molecule has 1 aromatic rings. The van der Waals surface area contributed by atoms with Crippen molar-refractivity contribution in [3.63, 3.8) is 0 Å². The van der Waals surface area contributed by atoms with Crippen LogP contribution in [-0.4, -0.2) is 40.2 Å². The highest BCUT2D eigenvalue weighted by Gasteiger charge is 2.29. The molecule has 2 rings (SSSR count). The van der Waals surface area contributed by atoms with Crippen LogP contribution >= 0.6 is 0 Å². The predicted octanol–water partition coefficient (Wildman–Crippen LogP) is 1.04. The summed E-state index contributed by atoms with van der Waals surface area (Å²) in [5, 5.41) is 12.8. The van der Waals surface area contributed by atoms with Crippen molar-refractivity contribution in [2.45, 2.75) is 38.8 Å². The first-order chi connectivity index (χ1) is 8.38. The summed E-state index contributed by atoms with van der Waals surface area (Å²) >= 11 is 0. The molecule has 0 spiro atoms. The Kier molecular flexibility index (Phi) is 3.30. The van der Waals surface area contributed by atoms with Crippen LogP contribution in [0, 0.1) is 0 Å². The molecule has 1 N–H and O–H groups in total. The van der Waals surface area contributed by atoms with Gasteiger partial charge in [0.1, 0.15) is 19.3 Å². The Balaban J connectivity index is 2.08. The smallest absolute Gasteiger partial charge is 0.329 e. The van der Waals surface area contributed by atoms with Gasteiger partial charge >= 0.3 is 5.97 Å². The fourth-order valence-electron chi connectivity index (χ4n) is 1.88. The highest BCUT2D eigenvalue weighted by Crippen LogP contribution is 2.33. The fraction of sp³-hybridized carbons (Fsp3) is 0.667. The highest BCUT2D eigenvalue weighted by atomic mass is 16.6. The van der Waals surface area contributed by atoms with Gasteiger partial charge in [0.05, 0.1) is 12.7 Å². The van der Waals surface area contributed by atoms with Crippen LogP contribution in [0.25, 0.3) is 0 Å². The van der Waals surface area contributed by atoms with E-state index in [9.17, 15) is 4.79 Å². The Bertz CT molecular complexity index is 447. The number of rotatable bonds is 3. The molecule has 6 nitrogen and oxygen atoms in total. The van der Waals surface area contributed by atoms with Gasteiger partial charge in [-0.15, -0.1) is 0 Å². The summed E-state index contributed by atoms with van der Waals surface area (Å²) in [6.07, 6.45) is 1.54. The van der Waals surface area contributed by atoms with Crippen LogP contribution in [-0.2, 0) is 21.5 Å². The molecule has 0 radical (unpaired) electrons. The van der Waals surface area contributed by atoms with Crippen molar-refractivity contribution in [2.75, 3.05) is 13.2 Å². The SMILES string of the molecule is CC(C)(C)c1cnn2c1OCC(OCC(=O)O)C2. The summed E-state index contributed by atoms with van der Waals surface area (Å²) in [5.41, 5.74) is 1.03. The number of aromatic nitrogens is 2. The third-order valence-corrected chi connectivity index (χ3v) is 2.82. The molecule has 1 unspecified atom stereocenters. The number of aliphatic carboxylic acids is 1. The second-order valence-electron chi connectivity index (χ2n) is 5.43. The molecule has 0 amide bonds. The zero-order chi connectivity index (χ0) is 13.3. The first-order valence-electron chi connectivity index (χ1n) is 5.90. The third-order valence-electron chi connectivity index (χ3n) is 2.82. The molecule has 1 aliphatic rings. The van der Waals surface area contributed by atoms with Gasteiger partial charge in [-0.05, 0) is 5.41 Å². The lowest BCUT2D eigenvalue weighted by molar-refractivity contribution is -0.146. The predicted molar refractivity (Wildman–Crippen MR) is 63.8 cm³/mol. The van der Waals surface area contributed by atoms with E-state index in [-0.39, 0.29) is 18.1 Å². The molecule has 6 heteroatoms. The largest absolute Gasteiger partial charge is 0.480 e. The van der Waals surface area contributed by atoms with Gasteiger partial charge in [-0.2, -0.15) is 5.10 Å². The Morgan fingerprint density at radius 3 is 3.00 bits per heavy atom. The summed E-state index contributed by atoms with van der Waals surface area (Å²) < 4.78 is 12.6. The molecule has 1 atom stereocenters. The molecule has 2 heterocycles. The van der Waals surface area contributed by atoms with Gasteiger partial charge < -0.3 is 14.6 Å². The van der Waals surface area contributed by atoms with Crippen molar-refractivity contribution in [2.24, 2.45) is 0 Å². The van der Waals surface area contributed by atoms with Crippen LogP contribution in [0.1, 0.15) is 26.3 Å². The molecule has 0 aliphatic carbocycles. The Labute approximate surface area is 106 Å². The van der Waals surface area contributed by atoms with Crippen molar-refractivity contribution in [3.05, 3.63) is 11.8 Å². The monoisotopic (exact) mass is 254 g/mol. The topological polar surface area (TPSA) is 73.6 Å². The highest BCUT2D eigenvalue weighted by molar-refractivity contribution is 5.68. The Hall–Kier alpha value is -1.56. The number of carboxylic acids is 1. The minimum Gasteiger partial charge on any atom is -0.480 e. The third kappa shape index (κ3) is 2.64. The summed E-state index contributed by atoms with van der Waals surface area (Å²) in [6, 6.07) is 0. The van der Waals surface area contributed by atoms with Gasteiger partial charge in [-0.25, -0.2) is 9.48 Å². The molecule has 1 aliphatic heterocycles. The molecule has 1 aromatic heterocycles. The molecule has 0 saturated heterocycles. The quantitative estimate of drug-likeness (QED) is 0.872. The molecule has 0 saturated carbocycles. The maximum Gasteiger partial charge on any atom is 0.329 e. The minimum absolute atomic E-state index is 0.0255. The van der Waals surface area contributed by atoms with E-state index in [4.69, 9.17) is 14.6 Å². The van der Waals surface area contributed by atoms with Crippen LogP contribution in [0.4, 0.5) is 0 Å². The van der Waals surface area contributed by atoms with Crippen LogP contribution in [0.15, 0.2) is 6.20 Å². The first-order valence-corrected chi connectivity index (χ1v) is 5.90. The number of carboxylic acid groups (broad SMARTS) is 1. The Morgan fingerprint density at radius 2 is 2.39 bits per heavy atom. The zero-order valence-electron chi connectivity index (χ0n) is 10.8. The number of ether oxygens (including phenoxy) is 2. The number of fused-ring (bicyclic) bond motifs is 1. The average Bonchev–Trinajstić information content (AvgIpc) is 2.68. The van der Waals surface area contributed by atoms with E-state index in [1.165, 1.54) is 0 Å². The minimum atomic E-state index is -0.975. The van der Waals surface area contributed by atoms with E-state index in [1.54, 1.807) is 10.9 Å². The molecule has 0 bridgehead atoms. The normalized spacial score (nSPS) is 19.2. The summed E-state index contributed by atoms with van der Waals surface area (Å²) in [7, 11) is 0. The molecule has 0 aromatic carbocycles. The maximum absolute atomic E-state index is 10.4. The van der Waals surface area contributed by atoms with Gasteiger partial charge in [0.25, 0.3) is 0 Å². The van der Waals surface area contributed by atoms with Crippen molar-refractivity contribution < 1.29 is 19.4 Å². The molecule has 18 heavy (non-hydrogen) atoms. The summed E-state index contributed by atoms with van der Waals surface area (Å²) in [5.74, 6) is -0.214. The van der Waals surface area contributed by atoms with Crippen LogP contribution < -0.4 is 4.74 Å². The lowest BCUT2D eigenvalue weighted by Crippen LogP contribution is -2.34. The van der Waals surface area contributed by atoms with E-state index in [2.05, 4.69) is 25.9 Å². The number of hydrogen-bond donors (Lipinski definition) is 1. The van der Waals surface area contributed by atoms with Gasteiger partial charge in [-0.1, -0.05) is 20.8 Å². The lowest BCUT2D eigenvalue weighted by atomic mass is 9.89. The molecule has 100 valence electrons. The number of nitrogens with zero attached hydrogens (tertiary/aromatic N) is 2. The lowest BCUT2D eigenvalue weighted by Gasteiger charge is -2.26. The standard InChI is InChI=1S/C12H18N2O4/c1-12(2,3)9-4-13-14-5-8(6-18-11(9)14)17-7-10(15)16/h4,8H,5-7H2,1-3H3,(H,15,16).